The van der Waals surface area contributed by atoms with Crippen LogP contribution in [0.1, 0.15) is 10.4 Å². The fourth-order valence-corrected chi connectivity index (χ4v) is 2.34. The number of esters is 1. The average Bonchev–Trinajstić information content (AvgIpc) is 2.51. The van der Waals surface area contributed by atoms with Gasteiger partial charge in [0.25, 0.3) is 5.69 Å². The number of nitro benzene ring substituents is 1. The van der Waals surface area contributed by atoms with E-state index in [1.807, 2.05) is 12.1 Å². The fraction of sp³-hybridized carbons (Fsp3) is 0.133. The van der Waals surface area contributed by atoms with Crippen LogP contribution in [0.5, 0.6) is 5.75 Å². The summed E-state index contributed by atoms with van der Waals surface area (Å²) in [5.74, 6) is -0.0217. The standard InChI is InChI=1S/C15H11BrClNO5/c16-10-2-1-3-12(8-10)22-6-7-23-15(19)13-5-4-11(18(20)21)9-14(13)17/h1-5,8-9H,6-7H2. The number of nitro groups is 1. The highest BCUT2D eigenvalue weighted by atomic mass is 79.9. The second-order valence-corrected chi connectivity index (χ2v) is 5.69. The van der Waals surface area contributed by atoms with Crippen molar-refractivity contribution in [1.82, 2.24) is 0 Å². The molecule has 0 amide bonds. The first-order valence-corrected chi connectivity index (χ1v) is 7.64. The van der Waals surface area contributed by atoms with Crippen molar-refractivity contribution in [3.8, 4) is 5.75 Å². The fourth-order valence-electron chi connectivity index (χ4n) is 1.71. The molecule has 0 aliphatic rings. The van der Waals surface area contributed by atoms with Crippen molar-refractivity contribution >= 4 is 39.2 Å². The minimum Gasteiger partial charge on any atom is -0.490 e. The van der Waals surface area contributed by atoms with Gasteiger partial charge in [0.05, 0.1) is 15.5 Å². The Bertz CT molecular complexity index is 738. The molecule has 120 valence electrons. The van der Waals surface area contributed by atoms with E-state index in [0.29, 0.717) is 5.75 Å². The lowest BCUT2D eigenvalue weighted by atomic mass is 10.2. The second-order valence-electron chi connectivity index (χ2n) is 4.36. The number of ether oxygens (including phenoxy) is 2. The molecular formula is C15H11BrClNO5. The van der Waals surface area contributed by atoms with E-state index in [2.05, 4.69) is 15.9 Å². The van der Waals surface area contributed by atoms with Crippen molar-refractivity contribution in [3.05, 3.63) is 67.6 Å². The molecule has 0 aliphatic heterocycles. The van der Waals surface area contributed by atoms with Crippen molar-refractivity contribution in [1.29, 1.82) is 0 Å². The Morgan fingerprint density at radius 1 is 1.22 bits per heavy atom. The first kappa shape index (κ1) is 17.2. The van der Waals surface area contributed by atoms with E-state index >= 15 is 0 Å². The van der Waals surface area contributed by atoms with E-state index in [1.165, 1.54) is 12.1 Å². The third-order valence-corrected chi connectivity index (χ3v) is 3.57. The van der Waals surface area contributed by atoms with Crippen molar-refractivity contribution in [2.45, 2.75) is 0 Å². The molecule has 0 N–H and O–H groups in total. The summed E-state index contributed by atoms with van der Waals surface area (Å²) in [6.45, 7) is 0.200. The maximum Gasteiger partial charge on any atom is 0.339 e. The Morgan fingerprint density at radius 3 is 2.65 bits per heavy atom. The van der Waals surface area contributed by atoms with Crippen molar-refractivity contribution in [2.24, 2.45) is 0 Å². The molecule has 0 spiro atoms. The van der Waals surface area contributed by atoms with Crippen LogP contribution in [0.2, 0.25) is 5.02 Å². The number of non-ortho nitro benzene ring substituents is 1. The van der Waals surface area contributed by atoms with Crippen LogP contribution >= 0.6 is 27.5 Å². The van der Waals surface area contributed by atoms with E-state index in [1.54, 1.807) is 12.1 Å². The van der Waals surface area contributed by atoms with Gasteiger partial charge in [0.1, 0.15) is 19.0 Å². The monoisotopic (exact) mass is 399 g/mol. The van der Waals surface area contributed by atoms with Crippen molar-refractivity contribution in [2.75, 3.05) is 13.2 Å². The molecule has 8 heteroatoms. The van der Waals surface area contributed by atoms with Crippen LogP contribution in [0.3, 0.4) is 0 Å². The highest BCUT2D eigenvalue weighted by molar-refractivity contribution is 9.10. The van der Waals surface area contributed by atoms with E-state index in [4.69, 9.17) is 21.1 Å². The summed E-state index contributed by atoms with van der Waals surface area (Å²) in [6, 6.07) is 10.8. The topological polar surface area (TPSA) is 78.7 Å². The zero-order chi connectivity index (χ0) is 16.8. The molecule has 23 heavy (non-hydrogen) atoms. The SMILES string of the molecule is O=C(OCCOc1cccc(Br)c1)c1ccc([N+](=O)[O-])cc1Cl. The van der Waals surface area contributed by atoms with Crippen LogP contribution in [0.4, 0.5) is 5.69 Å². The highest BCUT2D eigenvalue weighted by Crippen LogP contribution is 2.23. The van der Waals surface area contributed by atoms with Crippen LogP contribution in [-0.4, -0.2) is 24.1 Å². The summed E-state index contributed by atoms with van der Waals surface area (Å²) >= 11 is 9.17. The first-order valence-electron chi connectivity index (χ1n) is 6.47. The lowest BCUT2D eigenvalue weighted by molar-refractivity contribution is -0.384. The zero-order valence-electron chi connectivity index (χ0n) is 11.7. The molecule has 2 rings (SSSR count). The molecule has 0 unspecified atom stereocenters. The number of carbonyl (C=O) groups excluding carboxylic acids is 1. The molecule has 0 saturated heterocycles. The Kier molecular flexibility index (Phi) is 5.95. The number of halogens is 2. The molecule has 6 nitrogen and oxygen atoms in total. The van der Waals surface area contributed by atoms with Gasteiger partial charge in [-0.15, -0.1) is 0 Å². The predicted molar refractivity (Wildman–Crippen MR) is 88.0 cm³/mol. The van der Waals surface area contributed by atoms with Crippen molar-refractivity contribution < 1.29 is 19.2 Å². The zero-order valence-corrected chi connectivity index (χ0v) is 14.0. The summed E-state index contributed by atoms with van der Waals surface area (Å²) in [7, 11) is 0. The Labute approximate surface area is 145 Å². The van der Waals surface area contributed by atoms with Gasteiger partial charge in [-0.05, 0) is 24.3 Å². The van der Waals surface area contributed by atoms with Crippen LogP contribution in [-0.2, 0) is 4.74 Å². The number of carbonyl (C=O) groups is 1. The molecule has 0 fully saturated rings. The molecule has 0 aliphatic carbocycles. The number of nitrogens with zero attached hydrogens (tertiary/aromatic N) is 1. The summed E-state index contributed by atoms with van der Waals surface area (Å²) in [4.78, 5) is 21.9. The summed E-state index contributed by atoms with van der Waals surface area (Å²) in [5, 5.41) is 10.6. The molecule has 2 aromatic carbocycles. The number of rotatable bonds is 6. The normalized spacial score (nSPS) is 10.2. The van der Waals surface area contributed by atoms with Gasteiger partial charge in [0.2, 0.25) is 0 Å². The molecule has 0 heterocycles. The largest absolute Gasteiger partial charge is 0.490 e. The van der Waals surface area contributed by atoms with E-state index in [9.17, 15) is 14.9 Å². The summed E-state index contributed by atoms with van der Waals surface area (Å²) < 4.78 is 11.3. The molecule has 0 aromatic heterocycles. The maximum atomic E-state index is 11.9. The number of benzene rings is 2. The quantitative estimate of drug-likeness (QED) is 0.313. The first-order chi connectivity index (χ1) is 11.0. The van der Waals surface area contributed by atoms with E-state index < -0.39 is 10.9 Å². The van der Waals surface area contributed by atoms with Gasteiger partial charge < -0.3 is 9.47 Å². The minimum absolute atomic E-state index is 0.0265. The van der Waals surface area contributed by atoms with Gasteiger partial charge in [-0.25, -0.2) is 4.79 Å². The molecule has 0 bridgehead atoms. The lowest BCUT2D eigenvalue weighted by Crippen LogP contribution is -2.12. The van der Waals surface area contributed by atoms with Gasteiger partial charge in [-0.1, -0.05) is 33.6 Å². The van der Waals surface area contributed by atoms with E-state index in [-0.39, 0.29) is 29.5 Å². The molecule has 0 saturated carbocycles. The lowest BCUT2D eigenvalue weighted by Gasteiger charge is -2.08. The van der Waals surface area contributed by atoms with Crippen molar-refractivity contribution in [3.63, 3.8) is 0 Å². The molecule has 2 aromatic rings. The van der Waals surface area contributed by atoms with E-state index in [0.717, 1.165) is 10.5 Å². The Hall–Kier alpha value is -2.12. The van der Waals surface area contributed by atoms with Gasteiger partial charge >= 0.3 is 5.97 Å². The molecular weight excluding hydrogens is 390 g/mol. The second kappa shape index (κ2) is 7.94. The van der Waals surface area contributed by atoms with Gasteiger partial charge in [0, 0.05) is 16.6 Å². The summed E-state index contributed by atoms with van der Waals surface area (Å²) in [5.41, 5.74) is -0.121. The van der Waals surface area contributed by atoms with Crippen LogP contribution in [0.15, 0.2) is 46.9 Å². The summed E-state index contributed by atoms with van der Waals surface area (Å²) in [6.07, 6.45) is 0. The third-order valence-electron chi connectivity index (χ3n) is 2.76. The predicted octanol–water partition coefficient (Wildman–Crippen LogP) is 4.25. The van der Waals surface area contributed by atoms with Gasteiger partial charge in [-0.2, -0.15) is 0 Å². The van der Waals surface area contributed by atoms with Gasteiger partial charge in [0.15, 0.2) is 0 Å². The average molecular weight is 401 g/mol. The van der Waals surface area contributed by atoms with Crippen LogP contribution in [0, 0.1) is 10.1 Å². The van der Waals surface area contributed by atoms with Crippen LogP contribution in [0.25, 0.3) is 0 Å². The van der Waals surface area contributed by atoms with Crippen LogP contribution < -0.4 is 4.74 Å². The third kappa shape index (κ3) is 4.94. The molecule has 0 atom stereocenters. The maximum absolute atomic E-state index is 11.9. The minimum atomic E-state index is -0.664. The Morgan fingerprint density at radius 2 is 2.00 bits per heavy atom. The smallest absolute Gasteiger partial charge is 0.339 e. The molecule has 0 radical (unpaired) electrons. The number of hydrogen-bond donors (Lipinski definition) is 0. The number of hydrogen-bond acceptors (Lipinski definition) is 5. The highest BCUT2D eigenvalue weighted by Gasteiger charge is 2.16. The Balaban J connectivity index is 1.86. The van der Waals surface area contributed by atoms with Gasteiger partial charge in [-0.3, -0.25) is 10.1 Å².